The zero-order chi connectivity index (χ0) is 18.5. The summed E-state index contributed by atoms with van der Waals surface area (Å²) in [4.78, 5) is 14.0. The van der Waals surface area contributed by atoms with Crippen LogP contribution in [0.5, 0.6) is 0 Å². The predicted octanol–water partition coefficient (Wildman–Crippen LogP) is 3.16. The first kappa shape index (κ1) is 17.0. The van der Waals surface area contributed by atoms with Gasteiger partial charge in [0, 0.05) is 18.7 Å². The third-order valence-electron chi connectivity index (χ3n) is 4.95. The van der Waals surface area contributed by atoms with E-state index in [4.69, 9.17) is 0 Å². The summed E-state index contributed by atoms with van der Waals surface area (Å²) >= 11 is 0. The Kier molecular flexibility index (Phi) is 3.99. The molecule has 5 nitrogen and oxygen atoms in total. The first-order valence-corrected chi connectivity index (χ1v) is 10.1. The molecule has 0 aromatic heterocycles. The quantitative estimate of drug-likeness (QED) is 0.897. The van der Waals surface area contributed by atoms with E-state index >= 15 is 0 Å². The molecule has 2 aromatic rings. The summed E-state index contributed by atoms with van der Waals surface area (Å²) in [5.41, 5.74) is 3.78. The van der Waals surface area contributed by atoms with Crippen molar-refractivity contribution >= 4 is 27.3 Å². The molecule has 2 aliphatic heterocycles. The van der Waals surface area contributed by atoms with Crippen LogP contribution in [-0.2, 0) is 27.7 Å². The second kappa shape index (κ2) is 6.09. The summed E-state index contributed by atoms with van der Waals surface area (Å²) in [5, 5.41) is 0. The molecule has 0 radical (unpaired) electrons. The van der Waals surface area contributed by atoms with Crippen LogP contribution in [0.1, 0.15) is 29.5 Å². The fourth-order valence-electron chi connectivity index (χ4n) is 3.84. The Morgan fingerprint density at radius 1 is 1.08 bits per heavy atom. The third-order valence-corrected chi connectivity index (χ3v) is 6.50. The Morgan fingerprint density at radius 3 is 2.54 bits per heavy atom. The second-order valence-electron chi connectivity index (χ2n) is 6.81. The predicted molar refractivity (Wildman–Crippen MR) is 97.4 cm³/mol. The molecule has 0 spiro atoms. The van der Waals surface area contributed by atoms with Gasteiger partial charge in [0.15, 0.2) is 0 Å². The molecule has 4 rings (SSSR count). The number of amides is 1. The lowest BCUT2D eigenvalue weighted by Crippen LogP contribution is -2.39. The molecule has 0 bridgehead atoms. The lowest BCUT2D eigenvalue weighted by Gasteiger charge is -2.35. The van der Waals surface area contributed by atoms with Gasteiger partial charge in [0.05, 0.1) is 10.6 Å². The summed E-state index contributed by atoms with van der Waals surface area (Å²) < 4.78 is 41.4. The number of hydrogen-bond acceptors (Lipinski definition) is 3. The Morgan fingerprint density at radius 2 is 1.81 bits per heavy atom. The molecular weight excluding hydrogens is 355 g/mol. The van der Waals surface area contributed by atoms with Crippen molar-refractivity contribution in [2.45, 2.75) is 37.5 Å². The first-order chi connectivity index (χ1) is 12.3. The minimum atomic E-state index is -3.82. The maximum atomic E-state index is 13.3. The van der Waals surface area contributed by atoms with Crippen molar-refractivity contribution in [3.05, 3.63) is 52.8 Å². The van der Waals surface area contributed by atoms with Gasteiger partial charge in [-0.3, -0.25) is 9.52 Å². The van der Waals surface area contributed by atoms with E-state index in [0.717, 1.165) is 42.3 Å². The van der Waals surface area contributed by atoms with E-state index < -0.39 is 15.8 Å². The van der Waals surface area contributed by atoms with E-state index in [1.807, 2.05) is 4.90 Å². The van der Waals surface area contributed by atoms with Gasteiger partial charge in [-0.1, -0.05) is 0 Å². The van der Waals surface area contributed by atoms with Crippen molar-refractivity contribution in [3.63, 3.8) is 0 Å². The fourth-order valence-corrected chi connectivity index (χ4v) is 5.10. The smallest absolute Gasteiger partial charge is 0.262 e. The van der Waals surface area contributed by atoms with Crippen LogP contribution in [0.15, 0.2) is 35.2 Å². The van der Waals surface area contributed by atoms with Gasteiger partial charge >= 0.3 is 0 Å². The average Bonchev–Trinajstić information content (AvgIpc) is 2.57. The summed E-state index contributed by atoms with van der Waals surface area (Å²) in [7, 11) is -3.82. The van der Waals surface area contributed by atoms with Crippen LogP contribution in [0.25, 0.3) is 0 Å². The number of nitrogens with one attached hydrogen (secondary N) is 1. The summed E-state index contributed by atoms with van der Waals surface area (Å²) in [5.74, 6) is -0.335. The lowest BCUT2D eigenvalue weighted by molar-refractivity contribution is -0.119. The topological polar surface area (TPSA) is 66.5 Å². The van der Waals surface area contributed by atoms with Crippen molar-refractivity contribution in [2.24, 2.45) is 0 Å². The van der Waals surface area contributed by atoms with Crippen LogP contribution in [0.3, 0.4) is 0 Å². The molecule has 0 aliphatic carbocycles. The van der Waals surface area contributed by atoms with Crippen LogP contribution in [0.4, 0.5) is 15.8 Å². The first-order valence-electron chi connectivity index (χ1n) is 8.60. The summed E-state index contributed by atoms with van der Waals surface area (Å²) in [6.45, 7) is 2.29. The molecule has 7 heteroatoms. The van der Waals surface area contributed by atoms with Crippen LogP contribution in [-0.4, -0.2) is 20.9 Å². The maximum absolute atomic E-state index is 13.3. The average molecular weight is 374 g/mol. The molecule has 0 unspecified atom stereocenters. The molecule has 2 heterocycles. The van der Waals surface area contributed by atoms with Gasteiger partial charge in [-0.15, -0.1) is 0 Å². The number of nitrogens with zero attached hydrogens (tertiary/aromatic N) is 1. The van der Waals surface area contributed by atoms with Gasteiger partial charge in [-0.25, -0.2) is 12.8 Å². The third kappa shape index (κ3) is 2.86. The van der Waals surface area contributed by atoms with Gasteiger partial charge in [0.2, 0.25) is 5.91 Å². The summed E-state index contributed by atoms with van der Waals surface area (Å²) in [6.07, 6.45) is 2.74. The zero-order valence-electron chi connectivity index (χ0n) is 14.4. The van der Waals surface area contributed by atoms with Gasteiger partial charge in [0.25, 0.3) is 10.0 Å². The molecule has 0 atom stereocenters. The van der Waals surface area contributed by atoms with E-state index in [2.05, 4.69) is 4.72 Å². The van der Waals surface area contributed by atoms with Crippen molar-refractivity contribution < 1.29 is 17.6 Å². The molecule has 2 aliphatic rings. The molecule has 136 valence electrons. The SMILES string of the molecule is Cc1cc(F)ccc1S(=O)(=O)Nc1cc2c3c(c1)CCC(=O)N3CCC2. The van der Waals surface area contributed by atoms with Gasteiger partial charge in [-0.2, -0.15) is 0 Å². The highest BCUT2D eigenvalue weighted by atomic mass is 32.2. The van der Waals surface area contributed by atoms with Gasteiger partial charge in [-0.05, 0) is 73.2 Å². The number of rotatable bonds is 3. The summed E-state index contributed by atoms with van der Waals surface area (Å²) in [6, 6.07) is 7.23. The van der Waals surface area contributed by atoms with Crippen molar-refractivity contribution in [2.75, 3.05) is 16.2 Å². The monoisotopic (exact) mass is 374 g/mol. The van der Waals surface area contributed by atoms with E-state index in [9.17, 15) is 17.6 Å². The molecule has 0 fully saturated rings. The number of hydrogen-bond donors (Lipinski definition) is 1. The van der Waals surface area contributed by atoms with Crippen molar-refractivity contribution in [1.29, 1.82) is 0 Å². The number of aryl methyl sites for hydroxylation is 3. The molecule has 0 saturated carbocycles. The zero-order valence-corrected chi connectivity index (χ0v) is 15.2. The van der Waals surface area contributed by atoms with Gasteiger partial charge in [0.1, 0.15) is 5.82 Å². The molecular formula is C19H19FN2O3S. The second-order valence-corrected chi connectivity index (χ2v) is 8.46. The number of carbonyl (C=O) groups excluding carboxylic acids is 1. The van der Waals surface area contributed by atoms with E-state index in [0.29, 0.717) is 24.1 Å². The molecule has 1 N–H and O–H groups in total. The molecule has 0 saturated heterocycles. The van der Waals surface area contributed by atoms with E-state index in [-0.39, 0.29) is 10.8 Å². The van der Waals surface area contributed by atoms with E-state index in [1.165, 1.54) is 12.1 Å². The molecule has 2 aromatic carbocycles. The van der Waals surface area contributed by atoms with Crippen molar-refractivity contribution in [1.82, 2.24) is 0 Å². The van der Waals surface area contributed by atoms with Gasteiger partial charge < -0.3 is 4.90 Å². The number of halogens is 1. The molecule has 26 heavy (non-hydrogen) atoms. The van der Waals surface area contributed by atoms with Crippen molar-refractivity contribution in [3.8, 4) is 0 Å². The van der Waals surface area contributed by atoms with Crippen LogP contribution >= 0.6 is 0 Å². The highest BCUT2D eigenvalue weighted by Crippen LogP contribution is 2.38. The largest absolute Gasteiger partial charge is 0.312 e. The minimum Gasteiger partial charge on any atom is -0.312 e. The van der Waals surface area contributed by atoms with Crippen LogP contribution in [0.2, 0.25) is 0 Å². The number of anilines is 2. The lowest BCUT2D eigenvalue weighted by atomic mass is 9.91. The van der Waals surface area contributed by atoms with Crippen LogP contribution < -0.4 is 9.62 Å². The minimum absolute atomic E-state index is 0.0575. The maximum Gasteiger partial charge on any atom is 0.262 e. The Balaban J connectivity index is 1.72. The Labute approximate surface area is 151 Å². The normalized spacial score (nSPS) is 16.4. The number of benzene rings is 2. The highest BCUT2D eigenvalue weighted by molar-refractivity contribution is 7.92. The Bertz CT molecular complexity index is 1000. The Hall–Kier alpha value is -2.41. The van der Waals surface area contributed by atoms with Crippen LogP contribution in [0, 0.1) is 12.7 Å². The highest BCUT2D eigenvalue weighted by Gasteiger charge is 2.30. The van der Waals surface area contributed by atoms with E-state index in [1.54, 1.807) is 19.1 Å². The standard InChI is InChI=1S/C19H19FN2O3S/c1-12-9-15(20)5-6-17(12)26(24,25)21-16-10-13-3-2-8-22-18(23)7-4-14(11-16)19(13)22/h5-6,9-11,21H,2-4,7-8H2,1H3. The molecule has 1 amide bonds. The number of carbonyl (C=O) groups is 1. The fraction of sp³-hybridized carbons (Fsp3) is 0.316. The number of sulfonamides is 1.